The van der Waals surface area contributed by atoms with E-state index in [-0.39, 0.29) is 5.92 Å². The molecule has 1 atom stereocenters. The Balaban J connectivity index is 1.76. The molecule has 3 nitrogen and oxygen atoms in total. The molecule has 106 valence electrons. The van der Waals surface area contributed by atoms with E-state index in [0.29, 0.717) is 17.2 Å². The van der Waals surface area contributed by atoms with E-state index < -0.39 is 0 Å². The minimum atomic E-state index is 0.102. The average molecular weight is 279 g/mol. The van der Waals surface area contributed by atoms with Gasteiger partial charge in [0, 0.05) is 11.0 Å². The molecular weight excluding hydrogens is 262 g/mol. The molecule has 3 rings (SSSR count). The molecule has 2 aromatic rings. The Morgan fingerprint density at radius 1 is 1.00 bits per heavy atom. The van der Waals surface area contributed by atoms with Crippen LogP contribution < -0.4 is 0 Å². The average Bonchev–Trinajstić information content (AvgIpc) is 2.87. The molecule has 0 fully saturated rings. The van der Waals surface area contributed by atoms with Crippen molar-refractivity contribution < 1.29 is 9.74 Å². The number of hydrogen-bond donors (Lipinski definition) is 0. The summed E-state index contributed by atoms with van der Waals surface area (Å²) in [4.78, 5) is 5.77. The Hall–Kier alpha value is -2.55. The molecule has 3 heteroatoms. The number of allylic oxidation sites excluding steroid dienone is 1. The van der Waals surface area contributed by atoms with E-state index in [2.05, 4.69) is 12.1 Å². The molecule has 0 radical (unpaired) electrons. The largest absolute Gasteiger partial charge is 0.402 e. The second kappa shape index (κ2) is 6.27. The van der Waals surface area contributed by atoms with Crippen molar-refractivity contribution in [2.24, 2.45) is 5.92 Å². The van der Waals surface area contributed by atoms with Gasteiger partial charge in [0.05, 0.1) is 12.5 Å². The van der Waals surface area contributed by atoms with Crippen molar-refractivity contribution in [2.75, 3.05) is 6.61 Å². The highest BCUT2D eigenvalue weighted by Crippen LogP contribution is 2.17. The summed E-state index contributed by atoms with van der Waals surface area (Å²) >= 11 is 0. The van der Waals surface area contributed by atoms with E-state index in [9.17, 15) is 5.21 Å². The highest BCUT2D eigenvalue weighted by Gasteiger charge is 2.29. The van der Waals surface area contributed by atoms with Gasteiger partial charge in [-0.25, -0.2) is 0 Å². The first-order valence-electron chi connectivity index (χ1n) is 7.07. The van der Waals surface area contributed by atoms with E-state index in [0.717, 1.165) is 12.0 Å². The Morgan fingerprint density at radius 2 is 1.67 bits per heavy atom. The number of hydrogen-bond acceptors (Lipinski definition) is 2. The molecule has 1 unspecified atom stereocenters. The summed E-state index contributed by atoms with van der Waals surface area (Å²) in [7, 11) is 0. The van der Waals surface area contributed by atoms with Crippen molar-refractivity contribution >= 4 is 11.8 Å². The lowest BCUT2D eigenvalue weighted by molar-refractivity contribution is -0.730. The summed E-state index contributed by atoms with van der Waals surface area (Å²) in [6, 6.07) is 20.1. The molecule has 1 aliphatic rings. The van der Waals surface area contributed by atoms with E-state index >= 15 is 0 Å². The third kappa shape index (κ3) is 3.31. The SMILES string of the molecule is [O-][N+]1=C(C=Cc2ccccc2)C(Cc2ccccc2)CO1. The number of nitrogens with zero attached hydrogens (tertiary/aromatic N) is 1. The summed E-state index contributed by atoms with van der Waals surface area (Å²) in [5.41, 5.74) is 2.97. The van der Waals surface area contributed by atoms with Gasteiger partial charge in [-0.1, -0.05) is 60.7 Å². The smallest absolute Gasteiger partial charge is 0.249 e. The summed E-state index contributed by atoms with van der Waals surface area (Å²) < 4.78 is 0. The van der Waals surface area contributed by atoms with Gasteiger partial charge in [0.25, 0.3) is 0 Å². The van der Waals surface area contributed by atoms with Crippen LogP contribution in [0.3, 0.4) is 0 Å². The van der Waals surface area contributed by atoms with Crippen LogP contribution in [-0.4, -0.2) is 17.2 Å². The molecule has 0 saturated heterocycles. The molecule has 0 amide bonds. The Labute approximate surface area is 124 Å². The van der Waals surface area contributed by atoms with Gasteiger partial charge in [-0.15, -0.1) is 0 Å². The zero-order valence-corrected chi connectivity index (χ0v) is 11.7. The molecule has 0 spiro atoms. The monoisotopic (exact) mass is 279 g/mol. The quantitative estimate of drug-likeness (QED) is 0.803. The van der Waals surface area contributed by atoms with Gasteiger partial charge in [0.1, 0.15) is 0 Å². The van der Waals surface area contributed by atoms with Crippen molar-refractivity contribution in [2.45, 2.75) is 6.42 Å². The Kier molecular flexibility index (Phi) is 4.01. The van der Waals surface area contributed by atoms with Crippen LogP contribution in [0.2, 0.25) is 0 Å². The van der Waals surface area contributed by atoms with Crippen molar-refractivity contribution in [1.29, 1.82) is 0 Å². The predicted octanol–water partition coefficient (Wildman–Crippen LogP) is 3.46. The summed E-state index contributed by atoms with van der Waals surface area (Å²) in [5.74, 6) is 0.102. The van der Waals surface area contributed by atoms with Gasteiger partial charge in [-0.2, -0.15) is 0 Å². The summed E-state index contributed by atoms with van der Waals surface area (Å²) in [5, 5.41) is 11.8. The molecule has 0 aromatic heterocycles. The summed E-state index contributed by atoms with van der Waals surface area (Å²) in [6.07, 6.45) is 4.63. The van der Waals surface area contributed by atoms with Crippen LogP contribution in [-0.2, 0) is 11.3 Å². The molecule has 0 saturated carbocycles. The lowest BCUT2D eigenvalue weighted by atomic mass is 9.95. The maximum absolute atomic E-state index is 11.8. The highest BCUT2D eigenvalue weighted by atomic mass is 16.9. The van der Waals surface area contributed by atoms with Gasteiger partial charge in [-0.05, 0) is 23.6 Å². The first kappa shape index (κ1) is 13.4. The Bertz CT molecular complexity index is 647. The zero-order valence-electron chi connectivity index (χ0n) is 11.7. The molecule has 1 aliphatic heterocycles. The normalized spacial score (nSPS) is 18.2. The van der Waals surface area contributed by atoms with E-state index in [1.807, 2.05) is 60.7 Å². The third-order valence-corrected chi connectivity index (χ3v) is 3.59. The van der Waals surface area contributed by atoms with Crippen molar-refractivity contribution in [3.8, 4) is 0 Å². The second-order valence-corrected chi connectivity index (χ2v) is 5.11. The third-order valence-electron chi connectivity index (χ3n) is 3.59. The van der Waals surface area contributed by atoms with Crippen molar-refractivity contribution in [1.82, 2.24) is 0 Å². The lowest BCUT2D eigenvalue weighted by Crippen LogP contribution is -2.16. The number of rotatable bonds is 4. The first-order valence-corrected chi connectivity index (χ1v) is 7.07. The van der Waals surface area contributed by atoms with Gasteiger partial charge >= 0.3 is 0 Å². The van der Waals surface area contributed by atoms with Gasteiger partial charge < -0.3 is 4.84 Å². The van der Waals surface area contributed by atoms with Gasteiger partial charge in [-0.3, -0.25) is 5.21 Å². The minimum absolute atomic E-state index is 0.102. The highest BCUT2D eigenvalue weighted by molar-refractivity contribution is 5.97. The minimum Gasteiger partial charge on any atom is -0.402 e. The van der Waals surface area contributed by atoms with Crippen molar-refractivity contribution in [3.05, 3.63) is 83.1 Å². The maximum Gasteiger partial charge on any atom is 0.249 e. The van der Waals surface area contributed by atoms with E-state index in [1.165, 1.54) is 5.56 Å². The van der Waals surface area contributed by atoms with E-state index in [1.54, 1.807) is 0 Å². The molecule has 0 bridgehead atoms. The molecule has 21 heavy (non-hydrogen) atoms. The number of benzene rings is 2. The van der Waals surface area contributed by atoms with Crippen LogP contribution in [0.5, 0.6) is 0 Å². The van der Waals surface area contributed by atoms with Crippen LogP contribution in [0.4, 0.5) is 0 Å². The molecule has 0 aliphatic carbocycles. The van der Waals surface area contributed by atoms with Crippen LogP contribution in [0.1, 0.15) is 11.1 Å². The van der Waals surface area contributed by atoms with Crippen molar-refractivity contribution in [3.63, 3.8) is 0 Å². The fraction of sp³-hybridized carbons (Fsp3) is 0.167. The predicted molar refractivity (Wildman–Crippen MR) is 83.7 cm³/mol. The van der Waals surface area contributed by atoms with Crippen LogP contribution >= 0.6 is 0 Å². The molecule has 1 heterocycles. The molecule has 2 aromatic carbocycles. The zero-order chi connectivity index (χ0) is 14.5. The lowest BCUT2D eigenvalue weighted by Gasteiger charge is -2.05. The fourth-order valence-electron chi connectivity index (χ4n) is 2.47. The topological polar surface area (TPSA) is 35.3 Å². The van der Waals surface area contributed by atoms with Crippen LogP contribution in [0.25, 0.3) is 6.08 Å². The van der Waals surface area contributed by atoms with Gasteiger partial charge in [0.15, 0.2) is 0 Å². The molecule has 0 N–H and O–H groups in total. The van der Waals surface area contributed by atoms with Crippen LogP contribution in [0.15, 0.2) is 66.7 Å². The molecular formula is C18H17NO2. The fourth-order valence-corrected chi connectivity index (χ4v) is 2.47. The first-order chi connectivity index (χ1) is 10.3. The van der Waals surface area contributed by atoms with E-state index in [4.69, 9.17) is 4.84 Å². The Morgan fingerprint density at radius 3 is 2.38 bits per heavy atom. The second-order valence-electron chi connectivity index (χ2n) is 5.11. The van der Waals surface area contributed by atoms with Crippen LogP contribution in [0, 0.1) is 11.1 Å². The summed E-state index contributed by atoms with van der Waals surface area (Å²) in [6.45, 7) is 0.437. The van der Waals surface area contributed by atoms with Gasteiger partial charge in [0.2, 0.25) is 5.71 Å². The standard InChI is InChI=1S/C18H17NO2/c20-19-18(12-11-15-7-3-1-4-8-15)17(14-21-19)13-16-9-5-2-6-10-16/h1-12,17H,13-14H2. The maximum atomic E-state index is 11.8.